The first-order valence-corrected chi connectivity index (χ1v) is 6.74. The lowest BCUT2D eigenvalue weighted by molar-refractivity contribution is 0.0600. The number of anilines is 1. The maximum absolute atomic E-state index is 12.4. The van der Waals surface area contributed by atoms with Crippen LogP contribution < -0.4 is 5.32 Å². The van der Waals surface area contributed by atoms with Crippen LogP contribution in [0.15, 0.2) is 24.3 Å². The fourth-order valence-corrected chi connectivity index (χ4v) is 2.21. The van der Waals surface area contributed by atoms with Crippen molar-refractivity contribution in [1.29, 1.82) is 0 Å². The molecule has 6 nitrogen and oxygen atoms in total. The molecule has 1 aromatic heterocycles. The minimum atomic E-state index is -0.420. The number of benzene rings is 1. The average Bonchev–Trinajstić information content (AvgIpc) is 2.46. The van der Waals surface area contributed by atoms with Crippen LogP contribution in [0.1, 0.15) is 37.9 Å². The molecule has 114 valence electrons. The van der Waals surface area contributed by atoms with E-state index < -0.39 is 5.97 Å². The maximum atomic E-state index is 12.4. The van der Waals surface area contributed by atoms with Crippen molar-refractivity contribution < 1.29 is 14.3 Å². The van der Waals surface area contributed by atoms with Gasteiger partial charge in [0.25, 0.3) is 5.91 Å². The fraction of sp³-hybridized carbons (Fsp3) is 0.250. The lowest BCUT2D eigenvalue weighted by Crippen LogP contribution is -2.17. The first-order valence-electron chi connectivity index (χ1n) is 6.74. The van der Waals surface area contributed by atoms with E-state index in [-0.39, 0.29) is 5.91 Å². The maximum Gasteiger partial charge on any atom is 0.337 e. The van der Waals surface area contributed by atoms with Gasteiger partial charge < -0.3 is 10.1 Å². The van der Waals surface area contributed by atoms with Gasteiger partial charge in [-0.2, -0.15) is 0 Å². The van der Waals surface area contributed by atoms with Crippen LogP contribution in [0.3, 0.4) is 0 Å². The smallest absolute Gasteiger partial charge is 0.337 e. The van der Waals surface area contributed by atoms with Gasteiger partial charge in [0.1, 0.15) is 5.82 Å². The lowest BCUT2D eigenvalue weighted by atomic mass is 10.1. The summed E-state index contributed by atoms with van der Waals surface area (Å²) < 4.78 is 4.63. The predicted octanol–water partition coefficient (Wildman–Crippen LogP) is 2.44. The van der Waals surface area contributed by atoms with Crippen molar-refractivity contribution in [3.05, 3.63) is 52.6 Å². The highest BCUT2D eigenvalue weighted by molar-refractivity contribution is 6.05. The standard InChI is InChI=1S/C16H17N3O3/c1-9-14(10(2)18-11(3)17-9)15(20)19-13-7-5-12(6-8-13)16(21)22-4/h5-8H,1-4H3,(H,19,20). The van der Waals surface area contributed by atoms with E-state index in [1.165, 1.54) is 7.11 Å². The first-order chi connectivity index (χ1) is 10.4. The van der Waals surface area contributed by atoms with Crippen molar-refractivity contribution in [2.24, 2.45) is 0 Å². The zero-order valence-electron chi connectivity index (χ0n) is 12.9. The van der Waals surface area contributed by atoms with Crippen LogP contribution in [0.25, 0.3) is 0 Å². The summed E-state index contributed by atoms with van der Waals surface area (Å²) in [7, 11) is 1.32. The molecule has 6 heteroatoms. The van der Waals surface area contributed by atoms with Gasteiger partial charge in [0.15, 0.2) is 0 Å². The monoisotopic (exact) mass is 299 g/mol. The molecule has 1 amide bonds. The van der Waals surface area contributed by atoms with Crippen molar-refractivity contribution in [2.45, 2.75) is 20.8 Å². The van der Waals surface area contributed by atoms with Crippen molar-refractivity contribution in [2.75, 3.05) is 12.4 Å². The molecule has 2 aromatic rings. The fourth-order valence-electron chi connectivity index (χ4n) is 2.21. The van der Waals surface area contributed by atoms with E-state index in [2.05, 4.69) is 20.0 Å². The Morgan fingerprint density at radius 3 is 2.05 bits per heavy atom. The second-order valence-corrected chi connectivity index (χ2v) is 4.84. The molecular weight excluding hydrogens is 282 g/mol. The van der Waals surface area contributed by atoms with Gasteiger partial charge in [0.2, 0.25) is 0 Å². The number of nitrogens with zero attached hydrogens (tertiary/aromatic N) is 2. The van der Waals surface area contributed by atoms with Crippen molar-refractivity contribution >= 4 is 17.6 Å². The topological polar surface area (TPSA) is 81.2 Å². The van der Waals surface area contributed by atoms with Gasteiger partial charge in [-0.25, -0.2) is 14.8 Å². The van der Waals surface area contributed by atoms with E-state index in [4.69, 9.17) is 0 Å². The third-order valence-electron chi connectivity index (χ3n) is 3.17. The van der Waals surface area contributed by atoms with Crippen LogP contribution in [0.2, 0.25) is 0 Å². The zero-order chi connectivity index (χ0) is 16.3. The highest BCUT2D eigenvalue weighted by Gasteiger charge is 2.15. The molecule has 2 rings (SSSR count). The summed E-state index contributed by atoms with van der Waals surface area (Å²) in [6.45, 7) is 5.33. The number of nitrogens with one attached hydrogen (secondary N) is 1. The molecular formula is C16H17N3O3. The summed E-state index contributed by atoms with van der Waals surface area (Å²) in [4.78, 5) is 32.1. The number of methoxy groups -OCH3 is 1. The largest absolute Gasteiger partial charge is 0.465 e. The van der Waals surface area contributed by atoms with Crippen LogP contribution >= 0.6 is 0 Å². The van der Waals surface area contributed by atoms with Crippen LogP contribution in [0.4, 0.5) is 5.69 Å². The third-order valence-corrected chi connectivity index (χ3v) is 3.17. The third kappa shape index (κ3) is 3.28. The number of esters is 1. The van der Waals surface area contributed by atoms with Gasteiger partial charge in [-0.1, -0.05) is 0 Å². The zero-order valence-corrected chi connectivity index (χ0v) is 12.9. The highest BCUT2D eigenvalue weighted by atomic mass is 16.5. The number of aryl methyl sites for hydroxylation is 3. The number of rotatable bonds is 3. The van der Waals surface area contributed by atoms with Gasteiger partial charge >= 0.3 is 5.97 Å². The number of amides is 1. The van der Waals surface area contributed by atoms with Gasteiger partial charge in [-0.15, -0.1) is 0 Å². The second kappa shape index (κ2) is 6.34. The Bertz CT molecular complexity index is 701. The molecule has 0 spiro atoms. The Morgan fingerprint density at radius 1 is 1.00 bits per heavy atom. The summed E-state index contributed by atoms with van der Waals surface area (Å²) >= 11 is 0. The average molecular weight is 299 g/mol. The molecule has 0 bridgehead atoms. The van der Waals surface area contributed by atoms with Gasteiger partial charge in [-0.3, -0.25) is 4.79 Å². The Labute approximate surface area is 128 Å². The van der Waals surface area contributed by atoms with E-state index in [0.717, 1.165) is 0 Å². The van der Waals surface area contributed by atoms with Crippen LogP contribution in [0, 0.1) is 20.8 Å². The molecule has 0 aliphatic heterocycles. The first kappa shape index (κ1) is 15.6. The van der Waals surface area contributed by atoms with Gasteiger partial charge in [0.05, 0.1) is 29.6 Å². The van der Waals surface area contributed by atoms with E-state index in [0.29, 0.717) is 34.0 Å². The SMILES string of the molecule is COC(=O)c1ccc(NC(=O)c2c(C)nc(C)nc2C)cc1. The molecule has 0 aliphatic carbocycles. The van der Waals surface area contributed by atoms with E-state index in [1.807, 2.05) is 0 Å². The van der Waals surface area contributed by atoms with E-state index >= 15 is 0 Å². The summed E-state index contributed by atoms with van der Waals surface area (Å²) in [6, 6.07) is 6.47. The Morgan fingerprint density at radius 2 is 1.55 bits per heavy atom. The molecule has 1 heterocycles. The quantitative estimate of drug-likeness (QED) is 0.880. The Balaban J connectivity index is 2.21. The minimum Gasteiger partial charge on any atom is -0.465 e. The predicted molar refractivity (Wildman–Crippen MR) is 82.0 cm³/mol. The molecule has 0 fully saturated rings. The molecule has 0 radical (unpaired) electrons. The molecule has 1 aromatic carbocycles. The van der Waals surface area contributed by atoms with E-state index in [1.54, 1.807) is 45.0 Å². The Hall–Kier alpha value is -2.76. The van der Waals surface area contributed by atoms with Crippen molar-refractivity contribution in [3.63, 3.8) is 0 Å². The van der Waals surface area contributed by atoms with Gasteiger partial charge in [0, 0.05) is 5.69 Å². The number of aromatic nitrogens is 2. The van der Waals surface area contributed by atoms with Crippen molar-refractivity contribution in [3.8, 4) is 0 Å². The molecule has 0 unspecified atom stereocenters. The summed E-state index contributed by atoms with van der Waals surface area (Å²) in [5.41, 5.74) is 2.73. The number of carbonyl (C=O) groups excluding carboxylic acids is 2. The van der Waals surface area contributed by atoms with Gasteiger partial charge in [-0.05, 0) is 45.0 Å². The van der Waals surface area contributed by atoms with Crippen LogP contribution in [-0.4, -0.2) is 29.0 Å². The molecule has 1 N–H and O–H groups in total. The number of hydrogen-bond acceptors (Lipinski definition) is 5. The molecule has 0 aliphatic rings. The summed E-state index contributed by atoms with van der Waals surface area (Å²) in [6.07, 6.45) is 0. The number of carbonyl (C=O) groups is 2. The molecule has 22 heavy (non-hydrogen) atoms. The van der Waals surface area contributed by atoms with E-state index in [9.17, 15) is 9.59 Å². The summed E-state index contributed by atoms with van der Waals surface area (Å²) in [5.74, 6) is -0.0636. The summed E-state index contributed by atoms with van der Waals surface area (Å²) in [5, 5.41) is 2.77. The molecule has 0 atom stereocenters. The molecule has 0 saturated carbocycles. The Kier molecular flexibility index (Phi) is 4.50. The van der Waals surface area contributed by atoms with Crippen LogP contribution in [0.5, 0.6) is 0 Å². The lowest BCUT2D eigenvalue weighted by Gasteiger charge is -2.10. The minimum absolute atomic E-state index is 0.277. The number of ether oxygens (including phenoxy) is 1. The second-order valence-electron chi connectivity index (χ2n) is 4.84. The van der Waals surface area contributed by atoms with Crippen molar-refractivity contribution in [1.82, 2.24) is 9.97 Å². The van der Waals surface area contributed by atoms with Crippen LogP contribution in [-0.2, 0) is 4.74 Å². The molecule has 0 saturated heterocycles. The highest BCUT2D eigenvalue weighted by Crippen LogP contribution is 2.15. The normalized spacial score (nSPS) is 10.2. The number of hydrogen-bond donors (Lipinski definition) is 1.